The first-order valence-electron chi connectivity index (χ1n) is 2.36. The first kappa shape index (κ1) is 5.94. The number of thiocarbonyl (C=S) groups is 1. The van der Waals surface area contributed by atoms with Crippen LogP contribution in [0, 0.1) is 0 Å². The van der Waals surface area contributed by atoms with Gasteiger partial charge in [-0.05, 0) is 0 Å². The van der Waals surface area contributed by atoms with Gasteiger partial charge >= 0.3 is 0 Å². The van der Waals surface area contributed by atoms with Crippen molar-refractivity contribution >= 4 is 17.7 Å². The maximum Gasteiger partial charge on any atom is 0.238 e. The molecule has 8 heavy (non-hydrogen) atoms. The number of hydrogen-bond donors (Lipinski definition) is 1. The van der Waals surface area contributed by atoms with E-state index in [0.717, 1.165) is 0 Å². The Labute approximate surface area is 53.0 Å². The molecule has 1 fully saturated rings. The topological polar surface area (TPSA) is 30.5 Å². The summed E-state index contributed by atoms with van der Waals surface area (Å²) in [6.07, 6.45) is -0.299. The van der Waals surface area contributed by atoms with E-state index in [1.165, 1.54) is 5.49 Å². The monoisotopic (exact) mass is 133 g/mol. The summed E-state index contributed by atoms with van der Waals surface area (Å²) in [5, 5.41) is 2.69. The summed E-state index contributed by atoms with van der Waals surface area (Å²) < 4.78 is 9.92. The summed E-state index contributed by atoms with van der Waals surface area (Å²) in [5.41, 5.74) is 1.38. The lowest BCUT2D eigenvalue weighted by molar-refractivity contribution is -0.0507. The van der Waals surface area contributed by atoms with E-state index in [1.54, 1.807) is 0 Å². The van der Waals surface area contributed by atoms with Crippen LogP contribution < -0.4 is 5.32 Å². The fourth-order valence-corrected chi connectivity index (χ4v) is 0.621. The smallest absolute Gasteiger partial charge is 0.238 e. The van der Waals surface area contributed by atoms with E-state index in [2.05, 4.69) is 17.5 Å². The van der Waals surface area contributed by atoms with Gasteiger partial charge in [-0.3, -0.25) is 0 Å². The molecule has 46 valence electrons. The fraction of sp³-hybridized carbons (Fsp3) is 0.750. The quantitative estimate of drug-likeness (QED) is 0.531. The lowest BCUT2D eigenvalue weighted by Gasteiger charge is -2.05. The third kappa shape index (κ3) is 1.40. The van der Waals surface area contributed by atoms with E-state index < -0.39 is 0 Å². The van der Waals surface area contributed by atoms with Crippen molar-refractivity contribution in [3.8, 4) is 0 Å². The van der Waals surface area contributed by atoms with Crippen molar-refractivity contribution in [2.24, 2.45) is 0 Å². The molecule has 0 unspecified atom stereocenters. The molecule has 0 bridgehead atoms. The van der Waals surface area contributed by atoms with E-state index in [0.29, 0.717) is 13.2 Å². The molecule has 0 amide bonds. The minimum Gasteiger partial charge on any atom is -0.334 e. The van der Waals surface area contributed by atoms with E-state index in [-0.39, 0.29) is 6.41 Å². The lowest BCUT2D eigenvalue weighted by atomic mass is 10.8. The lowest BCUT2D eigenvalue weighted by Crippen LogP contribution is -2.27. The molecule has 3 nitrogen and oxygen atoms in total. The minimum atomic E-state index is -0.299. The highest BCUT2D eigenvalue weighted by atomic mass is 32.1. The molecule has 1 saturated heterocycles. The zero-order valence-electron chi connectivity index (χ0n) is 4.29. The molecule has 0 aromatic carbocycles. The highest BCUT2D eigenvalue weighted by molar-refractivity contribution is 7.78. The average molecular weight is 133 g/mol. The third-order valence-electron chi connectivity index (χ3n) is 0.826. The van der Waals surface area contributed by atoms with E-state index in [4.69, 9.17) is 9.47 Å². The van der Waals surface area contributed by atoms with Gasteiger partial charge in [-0.2, -0.15) is 0 Å². The van der Waals surface area contributed by atoms with Gasteiger partial charge in [-0.15, -0.1) is 0 Å². The Morgan fingerprint density at radius 2 is 2.12 bits per heavy atom. The first-order chi connectivity index (χ1) is 3.93. The Balaban J connectivity index is 2.14. The van der Waals surface area contributed by atoms with E-state index in [1.807, 2.05) is 0 Å². The Kier molecular flexibility index (Phi) is 2.20. The zero-order chi connectivity index (χ0) is 5.82. The fourth-order valence-electron chi connectivity index (χ4n) is 0.510. The summed E-state index contributed by atoms with van der Waals surface area (Å²) in [6.45, 7) is 1.31. The summed E-state index contributed by atoms with van der Waals surface area (Å²) >= 11 is 4.49. The molecule has 1 heterocycles. The normalized spacial score (nSPS) is 21.0. The molecule has 0 aromatic heterocycles. The van der Waals surface area contributed by atoms with Crippen molar-refractivity contribution in [2.45, 2.75) is 6.41 Å². The highest BCUT2D eigenvalue weighted by Crippen LogP contribution is 1.97. The molecule has 1 N–H and O–H groups in total. The second kappa shape index (κ2) is 2.96. The molecule has 0 saturated carbocycles. The van der Waals surface area contributed by atoms with Gasteiger partial charge in [0.15, 0.2) is 0 Å². The Hall–Kier alpha value is -0.190. The van der Waals surface area contributed by atoms with E-state index >= 15 is 0 Å². The Bertz CT molecular complexity index is 82.1. The molecular formula is C4H7NO2S. The highest BCUT2D eigenvalue weighted by Gasteiger charge is 2.12. The second-order valence-corrected chi connectivity index (χ2v) is 1.59. The molecule has 1 rings (SSSR count). The molecule has 0 aliphatic carbocycles. The van der Waals surface area contributed by atoms with Crippen LogP contribution in [0.15, 0.2) is 0 Å². The summed E-state index contributed by atoms with van der Waals surface area (Å²) in [7, 11) is 0. The average Bonchev–Trinajstić information content (AvgIpc) is 2.19. The van der Waals surface area contributed by atoms with Crippen molar-refractivity contribution in [2.75, 3.05) is 13.2 Å². The van der Waals surface area contributed by atoms with E-state index in [9.17, 15) is 0 Å². The van der Waals surface area contributed by atoms with Gasteiger partial charge < -0.3 is 14.8 Å². The van der Waals surface area contributed by atoms with Crippen LogP contribution in [0.3, 0.4) is 0 Å². The first-order valence-corrected chi connectivity index (χ1v) is 2.83. The van der Waals surface area contributed by atoms with Gasteiger partial charge in [0.05, 0.1) is 18.7 Å². The van der Waals surface area contributed by atoms with Gasteiger partial charge in [0.25, 0.3) is 0 Å². The molecule has 1 aliphatic heterocycles. The molecule has 0 aromatic rings. The SMILES string of the molecule is S=CNC1OCCO1. The standard InChI is InChI=1S/C4H7NO2S/c8-3-5-4-6-1-2-7-4/h3-4H,1-2H2,(H,5,8). The predicted molar refractivity (Wildman–Crippen MR) is 32.5 cm³/mol. The maximum atomic E-state index is 4.96. The molecule has 0 spiro atoms. The van der Waals surface area contributed by atoms with Crippen LogP contribution in [-0.2, 0) is 9.47 Å². The third-order valence-corrected chi connectivity index (χ3v) is 0.962. The van der Waals surface area contributed by atoms with Crippen LogP contribution in [0.4, 0.5) is 0 Å². The van der Waals surface area contributed by atoms with Gasteiger partial charge in [0.1, 0.15) is 0 Å². The summed E-state index contributed by atoms with van der Waals surface area (Å²) in [4.78, 5) is 0. The van der Waals surface area contributed by atoms with Crippen molar-refractivity contribution < 1.29 is 9.47 Å². The molecule has 4 heteroatoms. The van der Waals surface area contributed by atoms with Crippen molar-refractivity contribution in [1.82, 2.24) is 5.32 Å². The minimum absolute atomic E-state index is 0.299. The summed E-state index contributed by atoms with van der Waals surface area (Å²) in [5.74, 6) is 0. The second-order valence-electron chi connectivity index (χ2n) is 1.36. The number of hydrogen-bond acceptors (Lipinski definition) is 3. The van der Waals surface area contributed by atoms with Crippen molar-refractivity contribution in [3.05, 3.63) is 0 Å². The van der Waals surface area contributed by atoms with Crippen LogP contribution in [0.2, 0.25) is 0 Å². The van der Waals surface area contributed by atoms with Crippen molar-refractivity contribution in [3.63, 3.8) is 0 Å². The number of ether oxygens (including phenoxy) is 2. The van der Waals surface area contributed by atoms with Crippen LogP contribution in [0.1, 0.15) is 0 Å². The molecule has 0 atom stereocenters. The van der Waals surface area contributed by atoms with Crippen LogP contribution in [0.5, 0.6) is 0 Å². The summed E-state index contributed by atoms with van der Waals surface area (Å²) in [6, 6.07) is 0. The zero-order valence-corrected chi connectivity index (χ0v) is 5.11. The van der Waals surface area contributed by atoms with Crippen molar-refractivity contribution in [1.29, 1.82) is 0 Å². The van der Waals surface area contributed by atoms with Gasteiger partial charge in [-0.25, -0.2) is 0 Å². The van der Waals surface area contributed by atoms with Crippen LogP contribution in [-0.4, -0.2) is 25.1 Å². The van der Waals surface area contributed by atoms with Gasteiger partial charge in [0, 0.05) is 0 Å². The Morgan fingerprint density at radius 3 is 2.62 bits per heavy atom. The largest absolute Gasteiger partial charge is 0.334 e. The molecule has 0 radical (unpaired) electrons. The van der Waals surface area contributed by atoms with Gasteiger partial charge in [0.2, 0.25) is 6.41 Å². The number of nitrogens with one attached hydrogen (secondary N) is 1. The Morgan fingerprint density at radius 1 is 1.50 bits per heavy atom. The maximum absolute atomic E-state index is 4.96. The number of rotatable bonds is 2. The predicted octanol–water partition coefficient (Wildman–Crippen LogP) is -0.136. The molecular weight excluding hydrogens is 126 g/mol. The van der Waals surface area contributed by atoms with Crippen LogP contribution in [0.25, 0.3) is 0 Å². The van der Waals surface area contributed by atoms with Crippen LogP contribution >= 0.6 is 12.2 Å². The molecule has 1 aliphatic rings. The van der Waals surface area contributed by atoms with Gasteiger partial charge in [-0.1, -0.05) is 12.2 Å².